The lowest BCUT2D eigenvalue weighted by Gasteiger charge is -2.55. The van der Waals surface area contributed by atoms with Gasteiger partial charge in [-0.1, -0.05) is 30.3 Å². The van der Waals surface area contributed by atoms with Crippen LogP contribution in [0.25, 0.3) is 0 Å². The average Bonchev–Trinajstić information content (AvgIpc) is 2.59. The monoisotopic (exact) mass is 341 g/mol. The molecule has 4 fully saturated rings. The van der Waals surface area contributed by atoms with Gasteiger partial charge in [-0.25, -0.2) is 0 Å². The second-order valence-corrected chi connectivity index (χ2v) is 8.47. The first-order valence-electron chi connectivity index (χ1n) is 9.55. The van der Waals surface area contributed by atoms with Crippen molar-refractivity contribution in [3.63, 3.8) is 0 Å². The van der Waals surface area contributed by atoms with Crippen molar-refractivity contribution in [2.24, 2.45) is 23.2 Å². The fraction of sp³-hybridized carbons (Fsp3) is 0.619. The van der Waals surface area contributed by atoms with Crippen LogP contribution in [0.4, 0.5) is 0 Å². The second kappa shape index (κ2) is 6.47. The van der Waals surface area contributed by atoms with Crippen molar-refractivity contribution in [1.82, 2.24) is 5.32 Å². The summed E-state index contributed by atoms with van der Waals surface area (Å²) in [6.07, 6.45) is 6.80. The van der Waals surface area contributed by atoms with Gasteiger partial charge in [-0.2, -0.15) is 0 Å². The molecule has 4 heteroatoms. The first-order chi connectivity index (χ1) is 12.0. The molecule has 25 heavy (non-hydrogen) atoms. The molecule has 1 amide bonds. The fourth-order valence-electron chi connectivity index (χ4n) is 5.75. The summed E-state index contributed by atoms with van der Waals surface area (Å²) >= 11 is 0. The molecule has 1 N–H and O–H groups in total. The third-order valence-electron chi connectivity index (χ3n) is 6.48. The van der Waals surface area contributed by atoms with Gasteiger partial charge in [0.1, 0.15) is 0 Å². The Morgan fingerprint density at radius 2 is 1.64 bits per heavy atom. The molecule has 1 aromatic carbocycles. The number of amides is 1. The van der Waals surface area contributed by atoms with Gasteiger partial charge in [-0.15, -0.1) is 0 Å². The number of ether oxygens (including phenoxy) is 1. The second-order valence-electron chi connectivity index (χ2n) is 8.47. The summed E-state index contributed by atoms with van der Waals surface area (Å²) in [6, 6.07) is 9.71. The van der Waals surface area contributed by atoms with E-state index in [-0.39, 0.29) is 29.9 Å². The Bertz CT molecular complexity index is 619. The molecule has 0 radical (unpaired) electrons. The van der Waals surface area contributed by atoms with E-state index in [4.69, 9.17) is 4.74 Å². The maximum atomic E-state index is 12.8. The van der Waals surface area contributed by atoms with Gasteiger partial charge in [0.15, 0.2) is 6.61 Å². The molecular formula is C21H27NO3. The first-order valence-corrected chi connectivity index (χ1v) is 9.55. The van der Waals surface area contributed by atoms with Crippen LogP contribution in [-0.4, -0.2) is 18.5 Å². The van der Waals surface area contributed by atoms with Gasteiger partial charge in [0.25, 0.3) is 5.91 Å². The number of esters is 1. The summed E-state index contributed by atoms with van der Waals surface area (Å²) in [5.74, 6) is 1.74. The summed E-state index contributed by atoms with van der Waals surface area (Å²) in [5, 5.41) is 2.91. The van der Waals surface area contributed by atoms with Crippen molar-refractivity contribution < 1.29 is 14.3 Å². The van der Waals surface area contributed by atoms with Crippen molar-refractivity contribution in [3.8, 4) is 0 Å². The molecule has 0 unspecified atom stereocenters. The molecule has 0 aromatic heterocycles. The normalized spacial score (nSPS) is 33.7. The van der Waals surface area contributed by atoms with Gasteiger partial charge in [-0.3, -0.25) is 9.59 Å². The van der Waals surface area contributed by atoms with Gasteiger partial charge >= 0.3 is 5.97 Å². The van der Waals surface area contributed by atoms with Crippen molar-refractivity contribution >= 4 is 11.9 Å². The number of hydrogen-bond acceptors (Lipinski definition) is 3. The van der Waals surface area contributed by atoms with Crippen molar-refractivity contribution in [1.29, 1.82) is 0 Å². The lowest BCUT2D eigenvalue weighted by molar-refractivity contribution is -0.173. The van der Waals surface area contributed by atoms with Crippen LogP contribution in [0, 0.1) is 23.2 Å². The molecule has 1 atom stereocenters. The molecule has 0 spiro atoms. The van der Waals surface area contributed by atoms with Crippen LogP contribution in [0.2, 0.25) is 0 Å². The third kappa shape index (κ3) is 3.31. The summed E-state index contributed by atoms with van der Waals surface area (Å²) < 4.78 is 5.47. The summed E-state index contributed by atoms with van der Waals surface area (Å²) in [7, 11) is 0. The highest BCUT2D eigenvalue weighted by atomic mass is 16.5. The zero-order chi connectivity index (χ0) is 17.4. The van der Waals surface area contributed by atoms with Crippen molar-refractivity contribution in [2.75, 3.05) is 6.61 Å². The van der Waals surface area contributed by atoms with Gasteiger partial charge in [0.2, 0.25) is 0 Å². The standard InChI is InChI=1S/C21H27NO3/c1-14(18-5-3-2-4-6-18)22-19(23)13-25-20(24)21-10-15-7-16(11-21)9-17(8-15)12-21/h2-6,14-17H,7-13H2,1H3,(H,22,23)/t14-,15?,16?,17?,21?/m1/s1. The van der Waals surface area contributed by atoms with Crippen LogP contribution in [0.1, 0.15) is 57.1 Å². The largest absolute Gasteiger partial charge is 0.455 e. The van der Waals surface area contributed by atoms with Crippen LogP contribution >= 0.6 is 0 Å². The van der Waals surface area contributed by atoms with Crippen LogP contribution in [0.5, 0.6) is 0 Å². The summed E-state index contributed by atoms with van der Waals surface area (Å²) in [4.78, 5) is 24.9. The Balaban J connectivity index is 1.31. The van der Waals surface area contributed by atoms with Crippen molar-refractivity contribution in [2.45, 2.75) is 51.5 Å². The maximum Gasteiger partial charge on any atom is 0.312 e. The summed E-state index contributed by atoms with van der Waals surface area (Å²) in [5.41, 5.74) is 0.753. The molecule has 4 bridgehead atoms. The van der Waals surface area contributed by atoms with Gasteiger partial charge < -0.3 is 10.1 Å². The third-order valence-corrected chi connectivity index (χ3v) is 6.48. The van der Waals surface area contributed by atoms with Gasteiger partial charge in [-0.05, 0) is 68.8 Å². The van der Waals surface area contributed by atoms with Crippen molar-refractivity contribution in [3.05, 3.63) is 35.9 Å². The van der Waals surface area contributed by atoms with Crippen LogP contribution in [0.3, 0.4) is 0 Å². The molecule has 4 aliphatic carbocycles. The predicted octanol–water partition coefficient (Wildman–Crippen LogP) is 3.62. The molecular weight excluding hydrogens is 314 g/mol. The minimum atomic E-state index is -0.292. The van der Waals surface area contributed by atoms with Crippen LogP contribution in [-0.2, 0) is 14.3 Å². The smallest absolute Gasteiger partial charge is 0.312 e. The molecule has 1 aromatic rings. The van der Waals surface area contributed by atoms with E-state index in [9.17, 15) is 9.59 Å². The van der Waals surface area contributed by atoms with E-state index in [0.29, 0.717) is 17.8 Å². The highest BCUT2D eigenvalue weighted by Crippen LogP contribution is 2.60. The van der Waals surface area contributed by atoms with Gasteiger partial charge in [0, 0.05) is 0 Å². The average molecular weight is 341 g/mol. The minimum Gasteiger partial charge on any atom is -0.455 e. The topological polar surface area (TPSA) is 55.4 Å². The zero-order valence-electron chi connectivity index (χ0n) is 14.9. The van der Waals surface area contributed by atoms with Crippen LogP contribution < -0.4 is 5.32 Å². The van der Waals surface area contributed by atoms with E-state index >= 15 is 0 Å². The SMILES string of the molecule is C[C@@H](NC(=O)COC(=O)C12CC3CC(CC(C3)C1)C2)c1ccccc1. The van der Waals surface area contributed by atoms with E-state index in [2.05, 4.69) is 5.32 Å². The molecule has 4 aliphatic rings. The Labute approximate surface area is 149 Å². The molecule has 134 valence electrons. The number of rotatable bonds is 5. The Morgan fingerprint density at radius 3 is 2.20 bits per heavy atom. The number of carbonyl (C=O) groups excluding carboxylic acids is 2. The summed E-state index contributed by atoms with van der Waals surface area (Å²) in [6.45, 7) is 1.77. The molecule has 0 saturated heterocycles. The number of carbonyl (C=O) groups is 2. The lowest BCUT2D eigenvalue weighted by Crippen LogP contribution is -2.51. The molecule has 0 aliphatic heterocycles. The molecule has 4 saturated carbocycles. The highest BCUT2D eigenvalue weighted by Gasteiger charge is 2.55. The Kier molecular flexibility index (Phi) is 4.30. The first kappa shape index (κ1) is 16.6. The van der Waals surface area contributed by atoms with E-state index in [0.717, 1.165) is 24.8 Å². The number of hydrogen-bond donors (Lipinski definition) is 1. The molecule has 4 nitrogen and oxygen atoms in total. The number of benzene rings is 1. The zero-order valence-corrected chi connectivity index (χ0v) is 14.9. The van der Waals surface area contributed by atoms with Gasteiger partial charge in [0.05, 0.1) is 11.5 Å². The maximum absolute atomic E-state index is 12.8. The quantitative estimate of drug-likeness (QED) is 0.832. The number of nitrogens with one attached hydrogen (secondary N) is 1. The van der Waals surface area contributed by atoms with E-state index in [1.165, 1.54) is 19.3 Å². The van der Waals surface area contributed by atoms with E-state index < -0.39 is 0 Å². The highest BCUT2D eigenvalue weighted by molar-refractivity contribution is 5.83. The molecule has 0 heterocycles. The molecule has 5 rings (SSSR count). The Hall–Kier alpha value is -1.84. The minimum absolute atomic E-state index is 0.0908. The van der Waals surface area contributed by atoms with Crippen LogP contribution in [0.15, 0.2) is 30.3 Å². The van der Waals surface area contributed by atoms with E-state index in [1.807, 2.05) is 37.3 Å². The Morgan fingerprint density at radius 1 is 1.08 bits per heavy atom. The fourth-order valence-corrected chi connectivity index (χ4v) is 5.75. The lowest BCUT2D eigenvalue weighted by atomic mass is 9.49. The predicted molar refractivity (Wildman–Crippen MR) is 94.6 cm³/mol. The van der Waals surface area contributed by atoms with E-state index in [1.54, 1.807) is 0 Å².